The normalized spacial score (nSPS) is 10.5. The minimum absolute atomic E-state index is 0.185. The summed E-state index contributed by atoms with van der Waals surface area (Å²) >= 11 is 0. The summed E-state index contributed by atoms with van der Waals surface area (Å²) in [4.78, 5) is 3.85. The first-order valence-electron chi connectivity index (χ1n) is 31.7. The van der Waals surface area contributed by atoms with Crippen LogP contribution in [0.1, 0.15) is 187 Å². The highest BCUT2D eigenvalue weighted by Crippen LogP contribution is 2.40. The van der Waals surface area contributed by atoms with Crippen LogP contribution in [0.3, 0.4) is 0 Å². The Morgan fingerprint density at radius 2 is 0.556 bits per heavy atom. The van der Waals surface area contributed by atoms with E-state index in [2.05, 4.69) is 13.8 Å². The molecule has 0 amide bonds. The van der Waals surface area contributed by atoms with Crippen molar-refractivity contribution in [3.63, 3.8) is 0 Å². The van der Waals surface area contributed by atoms with Gasteiger partial charge in [0.1, 0.15) is 82.3 Å². The van der Waals surface area contributed by atoms with Gasteiger partial charge >= 0.3 is 0 Å². The van der Waals surface area contributed by atoms with Gasteiger partial charge in [-0.3, -0.25) is 0 Å². The van der Waals surface area contributed by atoms with Crippen LogP contribution in [-0.4, -0.2) is 41.4 Å². The van der Waals surface area contributed by atoms with Crippen molar-refractivity contribution in [1.29, 1.82) is 42.1 Å². The van der Waals surface area contributed by atoms with E-state index in [0.29, 0.717) is 47.0 Å². The molecule has 5 aromatic rings. The summed E-state index contributed by atoms with van der Waals surface area (Å²) in [5.74, 6) is 1.32. The van der Waals surface area contributed by atoms with Crippen molar-refractivity contribution in [2.24, 2.45) is 0 Å². The minimum Gasteiger partial charge on any atom is -0.493 e. The monoisotopic (exact) mass is 1190 g/mol. The van der Waals surface area contributed by atoms with Gasteiger partial charge in [0.05, 0.1) is 13.2 Å². The molecule has 0 aliphatic carbocycles. The first-order chi connectivity index (χ1) is 43.9. The number of nitrogens with zero attached hydrogens (tertiary/aromatic N) is 10. The second-order valence-corrected chi connectivity index (χ2v) is 22.7. The molecule has 0 saturated carbocycles. The van der Waals surface area contributed by atoms with Crippen LogP contribution in [0.4, 0.5) is 11.4 Å². The second-order valence-electron chi connectivity index (χ2n) is 22.7. The molecular weight excluding hydrogens is 1110 g/mol. The molecule has 5 aromatic carbocycles. The summed E-state index contributed by atoms with van der Waals surface area (Å²) < 4.78 is 13.4. The molecular formula is C78H84N10O2. The average molecular weight is 1190 g/mol. The van der Waals surface area contributed by atoms with Crippen LogP contribution in [0, 0.1) is 90.6 Å². The quantitative estimate of drug-likeness (QED) is 0.0158. The molecule has 90 heavy (non-hydrogen) atoms. The molecule has 0 atom stereocenters. The molecule has 0 aliphatic rings. The molecule has 5 rings (SSSR count). The van der Waals surface area contributed by atoms with Gasteiger partial charge in [0.15, 0.2) is 0 Å². The van der Waals surface area contributed by atoms with Crippen LogP contribution in [0.15, 0.2) is 131 Å². The van der Waals surface area contributed by atoms with E-state index in [1.807, 2.05) is 172 Å². The Kier molecular flexibility index (Phi) is 30.9. The molecule has 0 unspecified atom stereocenters. The fourth-order valence-corrected chi connectivity index (χ4v) is 10.6. The fourth-order valence-electron chi connectivity index (χ4n) is 10.6. The lowest BCUT2D eigenvalue weighted by Crippen LogP contribution is -2.08. The Morgan fingerprint density at radius 3 is 0.789 bits per heavy atom. The van der Waals surface area contributed by atoms with Gasteiger partial charge in [-0.1, -0.05) is 227 Å². The zero-order chi connectivity index (χ0) is 64.9. The Balaban J connectivity index is 1.57. The third-order valence-corrected chi connectivity index (χ3v) is 15.7. The lowest BCUT2D eigenvalue weighted by molar-refractivity contribution is 0.295. The van der Waals surface area contributed by atoms with Crippen molar-refractivity contribution in [2.45, 2.75) is 142 Å². The highest BCUT2D eigenvalue weighted by Gasteiger charge is 2.23. The van der Waals surface area contributed by atoms with E-state index in [1.54, 1.807) is 48.5 Å². The molecule has 0 spiro atoms. The maximum absolute atomic E-state index is 10.3. The second kappa shape index (κ2) is 39.5. The maximum Gasteiger partial charge on any atom is 0.138 e. The first-order valence-corrected chi connectivity index (χ1v) is 31.7. The third kappa shape index (κ3) is 21.5. The summed E-state index contributed by atoms with van der Waals surface area (Å²) in [5.41, 5.74) is 6.80. The lowest BCUT2D eigenvalue weighted by atomic mass is 9.86. The largest absolute Gasteiger partial charge is 0.493 e. The Hall–Kier alpha value is -10.3. The van der Waals surface area contributed by atoms with Gasteiger partial charge < -0.3 is 19.3 Å². The predicted molar refractivity (Wildman–Crippen MR) is 366 cm³/mol. The summed E-state index contributed by atoms with van der Waals surface area (Å²) in [5, 5.41) is 82.0. The fraction of sp³-hybridized carbons (Fsp3) is 0.359. The molecule has 12 nitrogen and oxygen atoms in total. The van der Waals surface area contributed by atoms with Gasteiger partial charge in [0.2, 0.25) is 0 Å². The SMILES string of the molecule is CCCCCCCCCCCCOc1cc(/C=C/c2ccc(C(=C(C#N)C#N)C(=C(C#N)C#N)c3ccc(N(C)C)cc3)cc2)c(OCCCCCCCCCCCC)cc1/C=C/c1ccc(C(=C(C#N)C#N)C(=C(C#N)C#N)c2ccc(N(C)C)cc2)cc1. The van der Waals surface area contributed by atoms with E-state index in [4.69, 9.17) is 9.47 Å². The van der Waals surface area contributed by atoms with Crippen molar-refractivity contribution < 1.29 is 9.47 Å². The standard InChI is InChI=1S/C78H84N10O2/c1-7-9-11-13-15-17-19-21-23-25-47-89-73-49-66(38-32-60-29-35-62(36-30-60)76(68(53-81)54-82)78(70(57-85)58-86)64-41-45-72(46-42-64)88(5)6)74(90-48-26-24-22-20-18-16-14-12-10-8-2)50-65(73)37-31-59-27-33-61(34-28-59)75(67(51-79)52-80)77(69(55-83)56-84)63-39-43-71(44-40-63)87(3)4/h27-46,49-50H,7-26,47-48H2,1-6H3/b37-31+,38-32+. The summed E-state index contributed by atoms with van der Waals surface area (Å²) in [6.07, 6.45) is 31.7. The van der Waals surface area contributed by atoms with Crippen molar-refractivity contribution in [3.05, 3.63) is 176 Å². The number of nitriles is 8. The van der Waals surface area contributed by atoms with E-state index in [-0.39, 0.29) is 44.6 Å². The van der Waals surface area contributed by atoms with E-state index < -0.39 is 0 Å². The Labute approximate surface area is 536 Å². The maximum atomic E-state index is 10.3. The smallest absolute Gasteiger partial charge is 0.138 e. The van der Waals surface area contributed by atoms with Crippen LogP contribution in [0.25, 0.3) is 46.6 Å². The molecule has 0 aliphatic heterocycles. The zero-order valence-electron chi connectivity index (χ0n) is 53.5. The van der Waals surface area contributed by atoms with Crippen molar-refractivity contribution in [3.8, 4) is 60.1 Å². The molecule has 0 heterocycles. The summed E-state index contributed by atoms with van der Waals surface area (Å²) in [6.45, 7) is 5.49. The van der Waals surface area contributed by atoms with Crippen LogP contribution in [0.5, 0.6) is 11.5 Å². The molecule has 12 heteroatoms. The highest BCUT2D eigenvalue weighted by atomic mass is 16.5. The minimum atomic E-state index is -0.235. The summed E-state index contributed by atoms with van der Waals surface area (Å²) in [7, 11) is 7.61. The van der Waals surface area contributed by atoms with Gasteiger partial charge in [0.25, 0.3) is 0 Å². The number of hydrogen-bond donors (Lipinski definition) is 0. The van der Waals surface area contributed by atoms with Gasteiger partial charge in [-0.15, -0.1) is 0 Å². The molecule has 0 fully saturated rings. The lowest BCUT2D eigenvalue weighted by Gasteiger charge is -2.17. The number of unbranched alkanes of at least 4 members (excludes halogenated alkanes) is 18. The van der Waals surface area contributed by atoms with E-state index in [0.717, 1.165) is 72.2 Å². The number of ether oxygens (including phenoxy) is 2. The molecule has 0 aromatic heterocycles. The number of benzene rings is 5. The number of rotatable bonds is 36. The van der Waals surface area contributed by atoms with Gasteiger partial charge in [-0.2, -0.15) is 42.1 Å². The van der Waals surface area contributed by atoms with Crippen molar-refractivity contribution in [1.82, 2.24) is 0 Å². The van der Waals surface area contributed by atoms with Crippen LogP contribution >= 0.6 is 0 Å². The zero-order valence-corrected chi connectivity index (χ0v) is 53.5. The number of hydrogen-bond acceptors (Lipinski definition) is 12. The van der Waals surface area contributed by atoms with Crippen LogP contribution < -0.4 is 19.3 Å². The Bertz CT molecular complexity index is 3400. The van der Waals surface area contributed by atoms with Crippen LogP contribution in [0.2, 0.25) is 0 Å². The van der Waals surface area contributed by atoms with Crippen molar-refractivity contribution in [2.75, 3.05) is 51.2 Å². The Morgan fingerprint density at radius 1 is 0.322 bits per heavy atom. The number of anilines is 2. The topological polar surface area (TPSA) is 215 Å². The van der Waals surface area contributed by atoms with Crippen LogP contribution in [-0.2, 0) is 0 Å². The highest BCUT2D eigenvalue weighted by molar-refractivity contribution is 6.12. The van der Waals surface area contributed by atoms with Crippen molar-refractivity contribution >= 4 is 58.0 Å². The van der Waals surface area contributed by atoms with Gasteiger partial charge in [-0.05, 0) is 82.6 Å². The van der Waals surface area contributed by atoms with E-state index in [1.165, 1.54) is 89.9 Å². The van der Waals surface area contributed by atoms with E-state index in [9.17, 15) is 42.1 Å². The molecule has 0 radical (unpaired) electrons. The molecule has 458 valence electrons. The average Bonchev–Trinajstić information content (AvgIpc) is 0.934. The number of allylic oxidation sites excluding steroid dienone is 8. The molecule has 0 bridgehead atoms. The van der Waals surface area contributed by atoms with Gasteiger partial charge in [-0.25, -0.2) is 0 Å². The third-order valence-electron chi connectivity index (χ3n) is 15.7. The predicted octanol–water partition coefficient (Wildman–Crippen LogP) is 19.4. The summed E-state index contributed by atoms with van der Waals surface area (Å²) in [6, 6.07) is 49.2. The molecule has 0 saturated heterocycles. The molecule has 0 N–H and O–H groups in total. The van der Waals surface area contributed by atoms with Gasteiger partial charge in [0, 0.05) is 73.0 Å². The first kappa shape index (κ1) is 70.4. The van der Waals surface area contributed by atoms with E-state index >= 15 is 0 Å².